The number of aromatic nitrogens is 1. The molecular formula is C17H12F3N. The molecule has 2 aromatic carbocycles. The van der Waals surface area contributed by atoms with Gasteiger partial charge >= 0.3 is 6.18 Å². The number of alkyl halides is 3. The summed E-state index contributed by atoms with van der Waals surface area (Å²) in [7, 11) is 0. The molecule has 0 spiro atoms. The van der Waals surface area contributed by atoms with Crippen molar-refractivity contribution >= 4 is 10.9 Å². The van der Waals surface area contributed by atoms with Gasteiger partial charge in [-0.3, -0.25) is 0 Å². The van der Waals surface area contributed by atoms with Gasteiger partial charge in [-0.1, -0.05) is 30.3 Å². The fourth-order valence-corrected chi connectivity index (χ4v) is 2.35. The van der Waals surface area contributed by atoms with E-state index in [4.69, 9.17) is 0 Å². The third kappa shape index (κ3) is 2.61. The Hall–Kier alpha value is -2.36. The molecule has 1 nitrogen and oxygen atoms in total. The van der Waals surface area contributed by atoms with Gasteiger partial charge in [0.25, 0.3) is 0 Å². The van der Waals surface area contributed by atoms with Gasteiger partial charge in [-0.2, -0.15) is 13.2 Å². The van der Waals surface area contributed by atoms with E-state index in [0.717, 1.165) is 28.6 Å². The van der Waals surface area contributed by atoms with Gasteiger partial charge in [-0.15, -0.1) is 0 Å². The standard InChI is InChI=1S/C17H12F3N/c1-11-9-16(21-15-8-3-2-7-14(11)15)12-5-4-6-13(10-12)17(18,19)20/h2-10H,1H3. The van der Waals surface area contributed by atoms with Crippen molar-refractivity contribution in [2.75, 3.05) is 0 Å². The third-order valence-electron chi connectivity index (χ3n) is 3.41. The molecule has 0 radical (unpaired) electrons. The summed E-state index contributed by atoms with van der Waals surface area (Å²) in [5.74, 6) is 0. The average molecular weight is 287 g/mol. The van der Waals surface area contributed by atoms with Gasteiger partial charge in [-0.25, -0.2) is 4.98 Å². The van der Waals surface area contributed by atoms with Crippen molar-refractivity contribution < 1.29 is 13.2 Å². The minimum atomic E-state index is -4.35. The zero-order valence-corrected chi connectivity index (χ0v) is 11.3. The maximum atomic E-state index is 12.8. The molecule has 0 aliphatic rings. The molecule has 0 aliphatic heterocycles. The Labute approximate surface area is 120 Å². The highest BCUT2D eigenvalue weighted by atomic mass is 19.4. The number of rotatable bonds is 1. The van der Waals surface area contributed by atoms with Crippen LogP contribution in [0.4, 0.5) is 13.2 Å². The van der Waals surface area contributed by atoms with Crippen LogP contribution in [0, 0.1) is 6.92 Å². The molecule has 21 heavy (non-hydrogen) atoms. The monoisotopic (exact) mass is 287 g/mol. The number of benzene rings is 2. The molecule has 0 saturated heterocycles. The first-order chi connectivity index (χ1) is 9.95. The zero-order chi connectivity index (χ0) is 15.0. The van der Waals surface area contributed by atoms with Crippen LogP contribution in [0.5, 0.6) is 0 Å². The summed E-state index contributed by atoms with van der Waals surface area (Å²) >= 11 is 0. The summed E-state index contributed by atoms with van der Waals surface area (Å²) in [6.07, 6.45) is -4.35. The first-order valence-electron chi connectivity index (χ1n) is 6.49. The van der Waals surface area contributed by atoms with E-state index in [1.807, 2.05) is 37.3 Å². The van der Waals surface area contributed by atoms with Crippen LogP contribution < -0.4 is 0 Å². The zero-order valence-electron chi connectivity index (χ0n) is 11.3. The smallest absolute Gasteiger partial charge is 0.248 e. The highest BCUT2D eigenvalue weighted by Gasteiger charge is 2.30. The largest absolute Gasteiger partial charge is 0.416 e. The van der Waals surface area contributed by atoms with Gasteiger partial charge in [0.1, 0.15) is 0 Å². The van der Waals surface area contributed by atoms with Crippen molar-refractivity contribution in [3.63, 3.8) is 0 Å². The SMILES string of the molecule is Cc1cc(-c2cccc(C(F)(F)F)c2)nc2ccccc12. The topological polar surface area (TPSA) is 12.9 Å². The Bertz CT molecular complexity index is 806. The van der Waals surface area contributed by atoms with Crippen LogP contribution in [0.2, 0.25) is 0 Å². The van der Waals surface area contributed by atoms with Gasteiger partial charge in [-0.05, 0) is 36.8 Å². The fourth-order valence-electron chi connectivity index (χ4n) is 2.35. The first-order valence-corrected chi connectivity index (χ1v) is 6.49. The molecule has 0 saturated carbocycles. The minimum Gasteiger partial charge on any atom is -0.248 e. The summed E-state index contributed by atoms with van der Waals surface area (Å²) < 4.78 is 38.4. The lowest BCUT2D eigenvalue weighted by atomic mass is 10.0. The van der Waals surface area contributed by atoms with E-state index >= 15 is 0 Å². The van der Waals surface area contributed by atoms with Crippen molar-refractivity contribution in [1.82, 2.24) is 4.98 Å². The van der Waals surface area contributed by atoms with Crippen LogP contribution in [0.15, 0.2) is 54.6 Å². The second-order valence-corrected chi connectivity index (χ2v) is 4.92. The summed E-state index contributed by atoms with van der Waals surface area (Å²) in [4.78, 5) is 4.46. The molecule has 0 N–H and O–H groups in total. The molecule has 1 aromatic heterocycles. The lowest BCUT2D eigenvalue weighted by Gasteiger charge is -2.10. The molecule has 0 unspecified atom stereocenters. The van der Waals surface area contributed by atoms with Gasteiger partial charge < -0.3 is 0 Å². The second-order valence-electron chi connectivity index (χ2n) is 4.92. The van der Waals surface area contributed by atoms with E-state index in [-0.39, 0.29) is 0 Å². The molecule has 3 aromatic rings. The van der Waals surface area contributed by atoms with Crippen molar-refractivity contribution in [2.45, 2.75) is 13.1 Å². The molecule has 3 rings (SSSR count). The summed E-state index contributed by atoms with van der Waals surface area (Å²) in [5, 5.41) is 1.01. The van der Waals surface area contributed by atoms with Crippen LogP contribution in [0.1, 0.15) is 11.1 Å². The number of halogens is 3. The van der Waals surface area contributed by atoms with Crippen molar-refractivity contribution in [1.29, 1.82) is 0 Å². The molecule has 0 atom stereocenters. The quantitative estimate of drug-likeness (QED) is 0.597. The minimum absolute atomic E-state index is 0.471. The van der Waals surface area contributed by atoms with E-state index in [1.54, 1.807) is 6.07 Å². The fraction of sp³-hybridized carbons (Fsp3) is 0.118. The normalized spacial score (nSPS) is 11.8. The number of fused-ring (bicyclic) bond motifs is 1. The molecule has 0 amide bonds. The van der Waals surface area contributed by atoms with Crippen LogP contribution in [0.25, 0.3) is 22.2 Å². The molecule has 0 fully saturated rings. The lowest BCUT2D eigenvalue weighted by molar-refractivity contribution is -0.137. The molecule has 0 bridgehead atoms. The van der Waals surface area contributed by atoms with Crippen molar-refractivity contribution in [2.24, 2.45) is 0 Å². The highest BCUT2D eigenvalue weighted by Crippen LogP contribution is 2.32. The van der Waals surface area contributed by atoms with Crippen molar-refractivity contribution in [3.05, 3.63) is 65.7 Å². The maximum absolute atomic E-state index is 12.8. The van der Waals surface area contributed by atoms with E-state index in [2.05, 4.69) is 4.98 Å². The van der Waals surface area contributed by atoms with Gasteiger partial charge in [0.2, 0.25) is 0 Å². The first kappa shape index (κ1) is 13.6. The van der Waals surface area contributed by atoms with E-state index < -0.39 is 11.7 Å². The third-order valence-corrected chi connectivity index (χ3v) is 3.41. The average Bonchev–Trinajstić information content (AvgIpc) is 2.46. The predicted molar refractivity (Wildman–Crippen MR) is 76.9 cm³/mol. The van der Waals surface area contributed by atoms with Crippen LogP contribution >= 0.6 is 0 Å². The van der Waals surface area contributed by atoms with Crippen molar-refractivity contribution in [3.8, 4) is 11.3 Å². The van der Waals surface area contributed by atoms with E-state index in [1.165, 1.54) is 6.07 Å². The van der Waals surface area contributed by atoms with Gasteiger partial charge in [0.05, 0.1) is 16.8 Å². The number of nitrogens with zero attached hydrogens (tertiary/aromatic N) is 1. The van der Waals surface area contributed by atoms with E-state index in [9.17, 15) is 13.2 Å². The Kier molecular flexibility index (Phi) is 3.16. The summed E-state index contributed by atoms with van der Waals surface area (Å²) in [6.45, 7) is 1.93. The Morgan fingerprint density at radius 2 is 1.67 bits per heavy atom. The maximum Gasteiger partial charge on any atom is 0.416 e. The highest BCUT2D eigenvalue weighted by molar-refractivity contribution is 5.84. The van der Waals surface area contributed by atoms with Gasteiger partial charge in [0.15, 0.2) is 0 Å². The summed E-state index contributed by atoms with van der Waals surface area (Å²) in [5.41, 5.74) is 2.14. The Morgan fingerprint density at radius 3 is 2.43 bits per heavy atom. The van der Waals surface area contributed by atoms with Crippen LogP contribution in [0.3, 0.4) is 0 Å². The lowest BCUT2D eigenvalue weighted by Crippen LogP contribution is -2.04. The second kappa shape index (κ2) is 4.88. The molecule has 1 heterocycles. The number of para-hydroxylation sites is 1. The van der Waals surface area contributed by atoms with E-state index in [0.29, 0.717) is 11.3 Å². The number of pyridine rings is 1. The number of hydrogen-bond donors (Lipinski definition) is 0. The van der Waals surface area contributed by atoms with Crippen LogP contribution in [-0.2, 0) is 6.18 Å². The summed E-state index contributed by atoms with van der Waals surface area (Å²) in [6, 6.07) is 14.7. The molecule has 4 heteroatoms. The molecule has 106 valence electrons. The number of hydrogen-bond acceptors (Lipinski definition) is 1. The Balaban J connectivity index is 2.17. The predicted octanol–water partition coefficient (Wildman–Crippen LogP) is 5.23. The van der Waals surface area contributed by atoms with Gasteiger partial charge in [0, 0.05) is 10.9 Å². The van der Waals surface area contributed by atoms with Crippen LogP contribution in [-0.4, -0.2) is 4.98 Å². The molecule has 0 aliphatic carbocycles. The Morgan fingerprint density at radius 1 is 0.905 bits per heavy atom. The number of aryl methyl sites for hydroxylation is 1. The molecular weight excluding hydrogens is 275 g/mol.